The second-order valence-electron chi connectivity index (χ2n) is 7.81. The first-order chi connectivity index (χ1) is 14.6. The third-order valence-corrected chi connectivity index (χ3v) is 6.73. The Kier molecular flexibility index (Phi) is 6.49. The predicted octanol–water partition coefficient (Wildman–Crippen LogP) is 4.28. The second-order valence-corrected chi connectivity index (χ2v) is 9.16. The van der Waals surface area contributed by atoms with Gasteiger partial charge in [-0.3, -0.25) is 9.36 Å². The summed E-state index contributed by atoms with van der Waals surface area (Å²) in [6.07, 6.45) is 6.65. The summed E-state index contributed by atoms with van der Waals surface area (Å²) in [5.41, 5.74) is -0.714. The fraction of sp³-hybridized carbons (Fsp3) is 0.524. The number of nitrogens with one attached hydrogen (secondary N) is 1. The maximum Gasteiger partial charge on any atom is 0.231 e. The lowest BCUT2D eigenvalue weighted by Gasteiger charge is -2.31. The molecule has 0 radical (unpaired) electrons. The molecule has 2 aromatic rings. The maximum atomic E-state index is 12.5. The molecule has 0 aliphatic heterocycles. The second kappa shape index (κ2) is 9.27. The summed E-state index contributed by atoms with van der Waals surface area (Å²) in [6.45, 7) is 0.261. The van der Waals surface area contributed by atoms with Gasteiger partial charge in [-0.25, -0.2) is 0 Å². The van der Waals surface area contributed by atoms with Gasteiger partial charge >= 0.3 is 0 Å². The molecule has 1 aromatic heterocycles. The zero-order chi connectivity index (χ0) is 21.0. The van der Waals surface area contributed by atoms with Crippen LogP contribution in [0.2, 0.25) is 5.02 Å². The van der Waals surface area contributed by atoms with E-state index in [4.69, 9.17) is 16.3 Å². The van der Waals surface area contributed by atoms with Crippen molar-refractivity contribution in [1.82, 2.24) is 20.1 Å². The number of hydrogen-bond donors (Lipinski definition) is 1. The third kappa shape index (κ3) is 4.90. The van der Waals surface area contributed by atoms with Gasteiger partial charge in [-0.2, -0.15) is 5.26 Å². The topological polar surface area (TPSA) is 92.8 Å². The number of carbonyl (C=O) groups is 1. The highest BCUT2D eigenvalue weighted by molar-refractivity contribution is 7.99. The highest BCUT2D eigenvalue weighted by atomic mass is 35.5. The monoisotopic (exact) mass is 445 g/mol. The van der Waals surface area contributed by atoms with Crippen molar-refractivity contribution < 1.29 is 9.53 Å². The largest absolute Gasteiger partial charge is 0.484 e. The number of benzene rings is 1. The lowest BCUT2D eigenvalue weighted by atomic mass is 9.83. The first-order valence-electron chi connectivity index (χ1n) is 10.3. The van der Waals surface area contributed by atoms with E-state index in [9.17, 15) is 10.1 Å². The van der Waals surface area contributed by atoms with Gasteiger partial charge in [-0.05, 0) is 37.8 Å². The number of amides is 1. The summed E-state index contributed by atoms with van der Waals surface area (Å²) in [6, 6.07) is 9.99. The van der Waals surface area contributed by atoms with Crippen LogP contribution in [0.1, 0.15) is 56.8 Å². The van der Waals surface area contributed by atoms with E-state index in [0.29, 0.717) is 22.0 Å². The number of rotatable bonds is 8. The summed E-state index contributed by atoms with van der Waals surface area (Å²) in [4.78, 5) is 12.5. The minimum absolute atomic E-state index is 0.136. The maximum absolute atomic E-state index is 12.5. The van der Waals surface area contributed by atoms with Crippen LogP contribution in [-0.2, 0) is 11.4 Å². The van der Waals surface area contributed by atoms with Gasteiger partial charge in [0.2, 0.25) is 5.91 Å². The van der Waals surface area contributed by atoms with Crippen molar-refractivity contribution in [2.45, 2.75) is 68.3 Å². The first-order valence-corrected chi connectivity index (χ1v) is 11.6. The molecule has 158 valence electrons. The van der Waals surface area contributed by atoms with Gasteiger partial charge in [0.25, 0.3) is 0 Å². The van der Waals surface area contributed by atoms with Gasteiger partial charge in [0.1, 0.15) is 17.9 Å². The number of halogens is 1. The standard InChI is InChI=1S/C21H24ClN5O2S/c22-16-6-2-3-7-17(16)29-12-18-25-26-20(27(18)15-8-9-15)30-13-19(28)24-21(14-23)10-4-1-5-11-21/h2-3,6-7,15H,1,4-5,8-13H2,(H,24,28). The zero-order valence-corrected chi connectivity index (χ0v) is 18.2. The fourth-order valence-corrected chi connectivity index (χ4v) is 4.78. The van der Waals surface area contributed by atoms with Crippen molar-refractivity contribution in [3.63, 3.8) is 0 Å². The molecule has 7 nitrogen and oxygen atoms in total. The van der Waals surface area contributed by atoms with Crippen LogP contribution in [0.15, 0.2) is 29.4 Å². The smallest absolute Gasteiger partial charge is 0.231 e. The van der Waals surface area contributed by atoms with Crippen LogP contribution < -0.4 is 10.1 Å². The number of ether oxygens (including phenoxy) is 1. The Morgan fingerprint density at radius 3 is 2.77 bits per heavy atom. The summed E-state index contributed by atoms with van der Waals surface area (Å²) < 4.78 is 7.89. The molecule has 1 N–H and O–H groups in total. The highest BCUT2D eigenvalue weighted by Crippen LogP contribution is 2.39. The molecule has 2 saturated carbocycles. The molecule has 0 spiro atoms. The van der Waals surface area contributed by atoms with E-state index >= 15 is 0 Å². The van der Waals surface area contributed by atoms with E-state index in [1.807, 2.05) is 18.2 Å². The van der Waals surface area contributed by atoms with Crippen molar-refractivity contribution in [3.8, 4) is 11.8 Å². The average Bonchev–Trinajstić information content (AvgIpc) is 3.52. The minimum atomic E-state index is -0.714. The molecule has 4 rings (SSSR count). The Bertz CT molecular complexity index is 947. The molecule has 30 heavy (non-hydrogen) atoms. The molecule has 0 unspecified atom stereocenters. The minimum Gasteiger partial charge on any atom is -0.484 e. The molecule has 1 heterocycles. The van der Waals surface area contributed by atoms with Crippen molar-refractivity contribution in [1.29, 1.82) is 5.26 Å². The number of thioether (sulfide) groups is 1. The molecule has 0 saturated heterocycles. The summed E-state index contributed by atoms with van der Waals surface area (Å²) >= 11 is 7.51. The Morgan fingerprint density at radius 2 is 2.07 bits per heavy atom. The summed E-state index contributed by atoms with van der Waals surface area (Å²) in [5, 5.41) is 22.3. The van der Waals surface area contributed by atoms with Gasteiger partial charge in [0.15, 0.2) is 11.0 Å². The Balaban J connectivity index is 1.38. The molecular formula is C21H24ClN5O2S. The zero-order valence-electron chi connectivity index (χ0n) is 16.6. The van der Waals surface area contributed by atoms with Crippen molar-refractivity contribution >= 4 is 29.3 Å². The predicted molar refractivity (Wildman–Crippen MR) is 114 cm³/mol. The van der Waals surface area contributed by atoms with Gasteiger partial charge in [-0.15, -0.1) is 10.2 Å². The Labute approximate surface area is 185 Å². The number of aromatic nitrogens is 3. The summed E-state index contributed by atoms with van der Waals surface area (Å²) in [7, 11) is 0. The molecule has 0 atom stereocenters. The molecule has 1 aromatic carbocycles. The number of nitrogens with zero attached hydrogens (tertiary/aromatic N) is 4. The van der Waals surface area contributed by atoms with Crippen molar-refractivity contribution in [2.75, 3.05) is 5.75 Å². The molecule has 9 heteroatoms. The molecule has 2 aliphatic carbocycles. The van der Waals surface area contributed by atoms with Crippen LogP contribution in [0.3, 0.4) is 0 Å². The van der Waals surface area contributed by atoms with Crippen LogP contribution >= 0.6 is 23.4 Å². The highest BCUT2D eigenvalue weighted by Gasteiger charge is 2.34. The van der Waals surface area contributed by atoms with Crippen LogP contribution in [0.5, 0.6) is 5.75 Å². The van der Waals surface area contributed by atoms with Gasteiger partial charge in [0.05, 0.1) is 16.8 Å². The fourth-order valence-electron chi connectivity index (χ4n) is 3.76. The molecular weight excluding hydrogens is 422 g/mol. The molecule has 2 aliphatic rings. The van der Waals surface area contributed by atoms with E-state index in [2.05, 4.69) is 26.2 Å². The van der Waals surface area contributed by atoms with Crippen molar-refractivity contribution in [2.24, 2.45) is 0 Å². The SMILES string of the molecule is N#CC1(NC(=O)CSc2nnc(COc3ccccc3Cl)n2C2CC2)CCCCC1. The van der Waals surface area contributed by atoms with Gasteiger partial charge in [0, 0.05) is 6.04 Å². The van der Waals surface area contributed by atoms with Crippen LogP contribution in [0, 0.1) is 11.3 Å². The van der Waals surface area contributed by atoms with Crippen molar-refractivity contribution in [3.05, 3.63) is 35.1 Å². The van der Waals surface area contributed by atoms with Crippen LogP contribution in [-0.4, -0.2) is 32.0 Å². The Morgan fingerprint density at radius 1 is 1.30 bits per heavy atom. The molecule has 2 fully saturated rings. The lowest BCUT2D eigenvalue weighted by Crippen LogP contribution is -2.49. The third-order valence-electron chi connectivity index (χ3n) is 5.47. The van der Waals surface area contributed by atoms with Crippen LogP contribution in [0.4, 0.5) is 0 Å². The van der Waals surface area contributed by atoms with Gasteiger partial charge in [-0.1, -0.05) is 54.8 Å². The van der Waals surface area contributed by atoms with E-state index in [1.54, 1.807) is 6.07 Å². The molecule has 1 amide bonds. The normalized spacial score (nSPS) is 17.9. The Hall–Kier alpha value is -2.24. The lowest BCUT2D eigenvalue weighted by molar-refractivity contribution is -0.120. The average molecular weight is 446 g/mol. The number of carbonyl (C=O) groups excluding carboxylic acids is 1. The number of hydrogen-bond acceptors (Lipinski definition) is 6. The first kappa shape index (κ1) is 21.0. The van der Waals surface area contributed by atoms with Gasteiger partial charge < -0.3 is 10.1 Å². The van der Waals surface area contributed by atoms with E-state index in [1.165, 1.54) is 11.8 Å². The van der Waals surface area contributed by atoms with E-state index < -0.39 is 5.54 Å². The van der Waals surface area contributed by atoms with E-state index in [-0.39, 0.29) is 18.3 Å². The number of nitriles is 1. The quantitative estimate of drug-likeness (QED) is 0.609. The molecule has 0 bridgehead atoms. The summed E-state index contributed by atoms with van der Waals surface area (Å²) in [5.74, 6) is 1.40. The number of para-hydroxylation sites is 1. The van der Waals surface area contributed by atoms with Crippen LogP contribution in [0.25, 0.3) is 0 Å². The van der Waals surface area contributed by atoms with E-state index in [0.717, 1.165) is 50.8 Å².